The molecule has 1 unspecified atom stereocenters. The van der Waals surface area contributed by atoms with Crippen LogP contribution >= 0.6 is 11.6 Å². The number of tetrazole rings is 1. The van der Waals surface area contributed by atoms with Gasteiger partial charge < -0.3 is 5.11 Å². The Morgan fingerprint density at radius 1 is 1.43 bits per heavy atom. The van der Waals surface area contributed by atoms with Crippen molar-refractivity contribution in [3.63, 3.8) is 0 Å². The molecular weight excluding hydrogens is 292 g/mol. The van der Waals surface area contributed by atoms with E-state index in [1.54, 1.807) is 17.7 Å². The average molecular weight is 309 g/mol. The summed E-state index contributed by atoms with van der Waals surface area (Å²) in [7, 11) is 0. The van der Waals surface area contributed by atoms with Gasteiger partial charge in [-0.05, 0) is 35.4 Å². The van der Waals surface area contributed by atoms with Crippen LogP contribution in [0.25, 0.3) is 0 Å². The van der Waals surface area contributed by atoms with Crippen LogP contribution in [0.5, 0.6) is 0 Å². The van der Waals surface area contributed by atoms with E-state index in [4.69, 9.17) is 11.6 Å². The molecule has 112 valence electrons. The minimum atomic E-state index is -0.898. The van der Waals surface area contributed by atoms with Crippen molar-refractivity contribution in [2.45, 2.75) is 33.2 Å². The molecule has 1 aromatic carbocycles. The zero-order chi connectivity index (χ0) is 15.5. The minimum Gasteiger partial charge on any atom is -0.481 e. The molecule has 0 spiro atoms. The van der Waals surface area contributed by atoms with E-state index in [2.05, 4.69) is 15.5 Å². The number of rotatable bonds is 6. The predicted molar refractivity (Wildman–Crippen MR) is 78.1 cm³/mol. The molecule has 0 radical (unpaired) electrons. The Labute approximate surface area is 127 Å². The number of halogens is 1. The molecule has 1 heterocycles. The first-order valence-electron chi connectivity index (χ1n) is 6.68. The molecule has 2 rings (SSSR count). The van der Waals surface area contributed by atoms with Gasteiger partial charge in [-0.2, -0.15) is 0 Å². The monoisotopic (exact) mass is 308 g/mol. The lowest BCUT2D eigenvalue weighted by molar-refractivity contribution is -0.149. The van der Waals surface area contributed by atoms with Gasteiger partial charge in [0.05, 0.1) is 12.0 Å². The normalized spacial score (nSPS) is 13.9. The SMILES string of the molecule is CCC(C)(Cn1nnnc1Cc1ccccc1Cl)C(=O)O. The van der Waals surface area contributed by atoms with Gasteiger partial charge in [0.2, 0.25) is 0 Å². The number of nitrogens with zero attached hydrogens (tertiary/aromatic N) is 4. The average Bonchev–Trinajstić information content (AvgIpc) is 2.88. The first-order valence-corrected chi connectivity index (χ1v) is 7.06. The van der Waals surface area contributed by atoms with E-state index in [1.807, 2.05) is 25.1 Å². The van der Waals surface area contributed by atoms with E-state index in [0.717, 1.165) is 5.56 Å². The molecule has 0 bridgehead atoms. The van der Waals surface area contributed by atoms with Crippen LogP contribution in [0, 0.1) is 5.41 Å². The molecule has 0 aliphatic heterocycles. The van der Waals surface area contributed by atoms with Gasteiger partial charge in [-0.25, -0.2) is 4.68 Å². The lowest BCUT2D eigenvalue weighted by Crippen LogP contribution is -2.33. The molecule has 0 aliphatic rings. The van der Waals surface area contributed by atoms with Gasteiger partial charge >= 0.3 is 5.97 Å². The lowest BCUT2D eigenvalue weighted by Gasteiger charge is -2.22. The Kier molecular flexibility index (Phi) is 4.57. The summed E-state index contributed by atoms with van der Waals surface area (Å²) in [5, 5.41) is 21.5. The summed E-state index contributed by atoms with van der Waals surface area (Å²) in [4.78, 5) is 11.4. The largest absolute Gasteiger partial charge is 0.481 e. The number of carboxylic acids is 1. The summed E-state index contributed by atoms with van der Waals surface area (Å²) in [5.74, 6) is -0.256. The zero-order valence-electron chi connectivity index (χ0n) is 12.0. The van der Waals surface area contributed by atoms with Gasteiger partial charge in [0.1, 0.15) is 0 Å². The van der Waals surface area contributed by atoms with Gasteiger partial charge in [-0.15, -0.1) is 5.10 Å². The van der Waals surface area contributed by atoms with E-state index in [1.165, 1.54) is 0 Å². The highest BCUT2D eigenvalue weighted by molar-refractivity contribution is 6.31. The smallest absolute Gasteiger partial charge is 0.311 e. The third-order valence-corrected chi connectivity index (χ3v) is 4.08. The van der Waals surface area contributed by atoms with E-state index in [9.17, 15) is 9.90 Å². The fourth-order valence-electron chi connectivity index (χ4n) is 1.95. The van der Waals surface area contributed by atoms with Crippen LogP contribution in [0.1, 0.15) is 31.7 Å². The van der Waals surface area contributed by atoms with Crippen molar-refractivity contribution in [3.8, 4) is 0 Å². The summed E-state index contributed by atoms with van der Waals surface area (Å²) in [6.45, 7) is 3.76. The highest BCUT2D eigenvalue weighted by Crippen LogP contribution is 2.25. The van der Waals surface area contributed by atoms with Gasteiger partial charge in [0, 0.05) is 11.4 Å². The molecular formula is C14H17ClN4O2. The maximum Gasteiger partial charge on any atom is 0.311 e. The minimum absolute atomic E-state index is 0.228. The quantitative estimate of drug-likeness (QED) is 0.886. The molecule has 21 heavy (non-hydrogen) atoms. The summed E-state index contributed by atoms with van der Waals surface area (Å²) >= 11 is 6.13. The van der Waals surface area contributed by atoms with Crippen molar-refractivity contribution in [2.75, 3.05) is 0 Å². The molecule has 1 aromatic heterocycles. The molecule has 2 aromatic rings. The fourth-order valence-corrected chi connectivity index (χ4v) is 2.15. The van der Waals surface area contributed by atoms with Crippen LogP contribution in [-0.4, -0.2) is 31.3 Å². The topological polar surface area (TPSA) is 80.9 Å². The van der Waals surface area contributed by atoms with Crippen molar-refractivity contribution in [3.05, 3.63) is 40.7 Å². The van der Waals surface area contributed by atoms with E-state index >= 15 is 0 Å². The number of benzene rings is 1. The number of hydrogen-bond donors (Lipinski definition) is 1. The lowest BCUT2D eigenvalue weighted by atomic mass is 9.88. The fraction of sp³-hybridized carbons (Fsp3) is 0.429. The summed E-state index contributed by atoms with van der Waals surface area (Å²) in [6.07, 6.45) is 0.958. The second-order valence-corrected chi connectivity index (χ2v) is 5.65. The van der Waals surface area contributed by atoms with Crippen LogP contribution in [-0.2, 0) is 17.8 Å². The number of aromatic nitrogens is 4. The number of aliphatic carboxylic acids is 1. The molecule has 1 atom stereocenters. The van der Waals surface area contributed by atoms with Crippen LogP contribution in [0.15, 0.2) is 24.3 Å². The molecule has 0 fully saturated rings. The first-order chi connectivity index (χ1) is 9.96. The Hall–Kier alpha value is -1.95. The zero-order valence-corrected chi connectivity index (χ0v) is 12.7. The molecule has 6 nitrogen and oxygen atoms in total. The summed E-state index contributed by atoms with van der Waals surface area (Å²) < 4.78 is 1.54. The number of carboxylic acid groups (broad SMARTS) is 1. The standard InChI is InChI=1S/C14H17ClN4O2/c1-3-14(2,13(20)21)9-19-12(16-17-18-19)8-10-6-4-5-7-11(10)15/h4-7H,3,8-9H2,1-2H3,(H,20,21). The Morgan fingerprint density at radius 3 is 2.76 bits per heavy atom. The summed E-state index contributed by atoms with van der Waals surface area (Å²) in [6, 6.07) is 7.45. The van der Waals surface area contributed by atoms with Gasteiger partial charge in [-0.3, -0.25) is 4.79 Å². The maximum atomic E-state index is 11.4. The van der Waals surface area contributed by atoms with Gasteiger partial charge in [-0.1, -0.05) is 36.7 Å². The Morgan fingerprint density at radius 2 is 2.14 bits per heavy atom. The Balaban J connectivity index is 2.23. The van der Waals surface area contributed by atoms with E-state index in [-0.39, 0.29) is 6.54 Å². The van der Waals surface area contributed by atoms with Gasteiger partial charge in [0.25, 0.3) is 0 Å². The molecule has 1 N–H and O–H groups in total. The van der Waals surface area contributed by atoms with Crippen LogP contribution < -0.4 is 0 Å². The molecule has 0 saturated heterocycles. The highest BCUT2D eigenvalue weighted by Gasteiger charge is 2.33. The third-order valence-electron chi connectivity index (χ3n) is 3.71. The van der Waals surface area contributed by atoms with Crippen molar-refractivity contribution < 1.29 is 9.90 Å². The highest BCUT2D eigenvalue weighted by atomic mass is 35.5. The van der Waals surface area contributed by atoms with Crippen LogP contribution in [0.4, 0.5) is 0 Å². The van der Waals surface area contributed by atoms with Gasteiger partial charge in [0.15, 0.2) is 5.82 Å². The number of hydrogen-bond acceptors (Lipinski definition) is 4. The predicted octanol–water partition coefficient (Wildman–Crippen LogP) is 2.42. The van der Waals surface area contributed by atoms with Crippen molar-refractivity contribution >= 4 is 17.6 Å². The van der Waals surface area contributed by atoms with Crippen molar-refractivity contribution in [2.24, 2.45) is 5.41 Å². The third kappa shape index (κ3) is 3.39. The van der Waals surface area contributed by atoms with Crippen LogP contribution in [0.3, 0.4) is 0 Å². The Bertz CT molecular complexity index is 643. The second-order valence-electron chi connectivity index (χ2n) is 5.24. The van der Waals surface area contributed by atoms with Crippen molar-refractivity contribution in [1.29, 1.82) is 0 Å². The van der Waals surface area contributed by atoms with E-state index < -0.39 is 11.4 Å². The summed E-state index contributed by atoms with van der Waals surface area (Å²) in [5.41, 5.74) is 0.00804. The van der Waals surface area contributed by atoms with Crippen LogP contribution in [0.2, 0.25) is 5.02 Å². The first kappa shape index (κ1) is 15.4. The molecule has 7 heteroatoms. The second kappa shape index (κ2) is 6.22. The maximum absolute atomic E-state index is 11.4. The molecule has 0 aliphatic carbocycles. The molecule has 0 saturated carbocycles. The molecule has 0 amide bonds. The van der Waals surface area contributed by atoms with E-state index in [0.29, 0.717) is 23.7 Å². The number of carbonyl (C=O) groups is 1. The van der Waals surface area contributed by atoms with Crippen molar-refractivity contribution in [1.82, 2.24) is 20.2 Å².